The van der Waals surface area contributed by atoms with Crippen LogP contribution in [0.3, 0.4) is 0 Å². The van der Waals surface area contributed by atoms with Crippen molar-refractivity contribution in [2.75, 3.05) is 6.54 Å². The third-order valence-corrected chi connectivity index (χ3v) is 3.16. The van der Waals surface area contributed by atoms with Gasteiger partial charge in [-0.3, -0.25) is 4.79 Å². The largest absolute Gasteiger partial charge is 0.350 e. The topological polar surface area (TPSA) is 55.1 Å². The number of carbonyl (C=O) groups is 1. The van der Waals surface area contributed by atoms with E-state index in [0.29, 0.717) is 18.0 Å². The van der Waals surface area contributed by atoms with Crippen LogP contribution < -0.4 is 11.1 Å². The van der Waals surface area contributed by atoms with Crippen molar-refractivity contribution in [3.05, 3.63) is 35.1 Å². The highest BCUT2D eigenvalue weighted by molar-refractivity contribution is 5.94. The van der Waals surface area contributed by atoms with Gasteiger partial charge in [0.1, 0.15) is 5.82 Å². The Morgan fingerprint density at radius 2 is 2.29 bits per heavy atom. The van der Waals surface area contributed by atoms with Gasteiger partial charge < -0.3 is 11.1 Å². The van der Waals surface area contributed by atoms with E-state index in [1.807, 2.05) is 0 Å². The van der Waals surface area contributed by atoms with Crippen molar-refractivity contribution in [2.24, 2.45) is 11.7 Å². The Bertz CT molecular complexity index is 429. The first-order valence-electron chi connectivity index (χ1n) is 5.88. The second kappa shape index (κ2) is 4.84. The van der Waals surface area contributed by atoms with Crippen molar-refractivity contribution in [3.63, 3.8) is 0 Å². The van der Waals surface area contributed by atoms with Crippen molar-refractivity contribution < 1.29 is 9.18 Å². The van der Waals surface area contributed by atoms with Crippen LogP contribution in [0.4, 0.5) is 4.39 Å². The lowest BCUT2D eigenvalue weighted by Gasteiger charge is -2.12. The third kappa shape index (κ3) is 2.82. The Morgan fingerprint density at radius 1 is 1.59 bits per heavy atom. The first-order valence-corrected chi connectivity index (χ1v) is 5.88. The molecule has 3 nitrogen and oxygen atoms in total. The van der Waals surface area contributed by atoms with Crippen LogP contribution in [0, 0.1) is 18.7 Å². The van der Waals surface area contributed by atoms with Crippen LogP contribution in [0.15, 0.2) is 18.2 Å². The molecular formula is C13H17FN2O. The van der Waals surface area contributed by atoms with Crippen LogP contribution in [0.1, 0.15) is 28.8 Å². The molecule has 17 heavy (non-hydrogen) atoms. The molecule has 0 radical (unpaired) electrons. The summed E-state index contributed by atoms with van der Waals surface area (Å²) in [5, 5.41) is 2.68. The van der Waals surface area contributed by atoms with Crippen LogP contribution in [-0.4, -0.2) is 18.5 Å². The smallest absolute Gasteiger partial charge is 0.254 e. The van der Waals surface area contributed by atoms with Gasteiger partial charge in [0.15, 0.2) is 0 Å². The third-order valence-electron chi connectivity index (χ3n) is 3.16. The van der Waals surface area contributed by atoms with Gasteiger partial charge in [0.25, 0.3) is 5.91 Å². The molecule has 1 aromatic rings. The summed E-state index contributed by atoms with van der Waals surface area (Å²) in [4.78, 5) is 11.8. The zero-order valence-corrected chi connectivity index (χ0v) is 9.87. The number of nitrogens with two attached hydrogens (primary N) is 1. The molecule has 1 unspecified atom stereocenters. The van der Waals surface area contributed by atoms with Gasteiger partial charge in [-0.05, 0) is 37.3 Å². The maximum atomic E-state index is 13.7. The minimum Gasteiger partial charge on any atom is -0.350 e. The summed E-state index contributed by atoms with van der Waals surface area (Å²) >= 11 is 0. The van der Waals surface area contributed by atoms with Crippen molar-refractivity contribution >= 4 is 5.91 Å². The van der Waals surface area contributed by atoms with Gasteiger partial charge in [-0.25, -0.2) is 4.39 Å². The second-order valence-electron chi connectivity index (χ2n) is 4.65. The summed E-state index contributed by atoms with van der Waals surface area (Å²) in [6.07, 6.45) is 2.27. The SMILES string of the molecule is Cc1cccc(C(=O)NCC(N)C2CC2)c1F. The summed E-state index contributed by atoms with van der Waals surface area (Å²) in [5.41, 5.74) is 6.43. The Hall–Kier alpha value is -1.42. The van der Waals surface area contributed by atoms with Crippen LogP contribution in [0.2, 0.25) is 0 Å². The van der Waals surface area contributed by atoms with Crippen LogP contribution in [-0.2, 0) is 0 Å². The first kappa shape index (κ1) is 12.0. The Balaban J connectivity index is 1.96. The molecule has 0 aromatic heterocycles. The van der Waals surface area contributed by atoms with E-state index in [1.54, 1.807) is 19.1 Å². The average Bonchev–Trinajstić information content (AvgIpc) is 3.13. The van der Waals surface area contributed by atoms with E-state index >= 15 is 0 Å². The van der Waals surface area contributed by atoms with E-state index in [9.17, 15) is 9.18 Å². The fraction of sp³-hybridized carbons (Fsp3) is 0.462. The number of hydrogen-bond donors (Lipinski definition) is 2. The molecule has 0 saturated heterocycles. The maximum Gasteiger partial charge on any atom is 0.254 e. The molecule has 0 aliphatic heterocycles. The number of aryl methyl sites for hydroxylation is 1. The first-order chi connectivity index (χ1) is 8.09. The predicted molar refractivity (Wildman–Crippen MR) is 64.2 cm³/mol. The average molecular weight is 236 g/mol. The van der Waals surface area contributed by atoms with Crippen molar-refractivity contribution in [2.45, 2.75) is 25.8 Å². The maximum absolute atomic E-state index is 13.7. The quantitative estimate of drug-likeness (QED) is 0.834. The number of halogens is 1. The summed E-state index contributed by atoms with van der Waals surface area (Å²) in [6.45, 7) is 2.05. The molecule has 1 aliphatic rings. The molecule has 0 bridgehead atoms. The molecule has 0 heterocycles. The number of carbonyl (C=O) groups excluding carboxylic acids is 1. The molecular weight excluding hydrogens is 219 g/mol. The lowest BCUT2D eigenvalue weighted by Crippen LogP contribution is -2.38. The van der Waals surface area contributed by atoms with Crippen LogP contribution in [0.5, 0.6) is 0 Å². The summed E-state index contributed by atoms with van der Waals surface area (Å²) in [6, 6.07) is 4.79. The molecule has 92 valence electrons. The zero-order chi connectivity index (χ0) is 12.4. The van der Waals surface area contributed by atoms with Gasteiger partial charge >= 0.3 is 0 Å². The molecule has 1 aliphatic carbocycles. The summed E-state index contributed by atoms with van der Waals surface area (Å²) < 4.78 is 13.7. The highest BCUT2D eigenvalue weighted by Gasteiger charge is 2.28. The summed E-state index contributed by atoms with van der Waals surface area (Å²) in [7, 11) is 0. The van der Waals surface area contributed by atoms with Crippen LogP contribution >= 0.6 is 0 Å². The Morgan fingerprint density at radius 3 is 2.94 bits per heavy atom. The number of benzene rings is 1. The number of nitrogens with one attached hydrogen (secondary N) is 1. The van der Waals surface area contributed by atoms with Crippen molar-refractivity contribution in [3.8, 4) is 0 Å². The molecule has 1 saturated carbocycles. The lowest BCUT2D eigenvalue weighted by atomic mass is 10.1. The minimum atomic E-state index is -0.454. The monoisotopic (exact) mass is 236 g/mol. The van der Waals surface area contributed by atoms with E-state index in [-0.39, 0.29) is 17.5 Å². The van der Waals surface area contributed by atoms with Gasteiger partial charge in [0.05, 0.1) is 5.56 Å². The Labute approximate surface area is 100 Å². The normalized spacial score (nSPS) is 16.6. The highest BCUT2D eigenvalue weighted by Crippen LogP contribution is 2.31. The number of amides is 1. The van der Waals surface area contributed by atoms with E-state index in [2.05, 4.69) is 5.32 Å². The van der Waals surface area contributed by atoms with Gasteiger partial charge in [-0.15, -0.1) is 0 Å². The zero-order valence-electron chi connectivity index (χ0n) is 9.87. The molecule has 3 N–H and O–H groups in total. The van der Waals surface area contributed by atoms with Gasteiger partial charge in [-0.1, -0.05) is 12.1 Å². The fourth-order valence-corrected chi connectivity index (χ4v) is 1.82. The van der Waals surface area contributed by atoms with E-state index in [4.69, 9.17) is 5.73 Å². The molecule has 1 amide bonds. The standard InChI is InChI=1S/C13H17FN2O/c1-8-3-2-4-10(12(8)14)13(17)16-7-11(15)9-5-6-9/h2-4,9,11H,5-7,15H2,1H3,(H,16,17). The highest BCUT2D eigenvalue weighted by atomic mass is 19.1. The molecule has 1 atom stereocenters. The van der Waals surface area contributed by atoms with Crippen LogP contribution in [0.25, 0.3) is 0 Å². The van der Waals surface area contributed by atoms with Gasteiger partial charge in [0, 0.05) is 12.6 Å². The van der Waals surface area contributed by atoms with E-state index < -0.39 is 5.82 Å². The Kier molecular flexibility index (Phi) is 3.43. The van der Waals surface area contributed by atoms with Crippen molar-refractivity contribution in [1.82, 2.24) is 5.32 Å². The van der Waals surface area contributed by atoms with Gasteiger partial charge in [-0.2, -0.15) is 0 Å². The van der Waals surface area contributed by atoms with E-state index in [1.165, 1.54) is 6.07 Å². The second-order valence-corrected chi connectivity index (χ2v) is 4.65. The number of hydrogen-bond acceptors (Lipinski definition) is 2. The molecule has 4 heteroatoms. The van der Waals surface area contributed by atoms with Gasteiger partial charge in [0.2, 0.25) is 0 Å². The number of rotatable bonds is 4. The fourth-order valence-electron chi connectivity index (χ4n) is 1.82. The van der Waals surface area contributed by atoms with E-state index in [0.717, 1.165) is 12.8 Å². The predicted octanol–water partition coefficient (Wildman–Crippen LogP) is 1.60. The lowest BCUT2D eigenvalue weighted by molar-refractivity contribution is 0.0946. The molecule has 1 fully saturated rings. The minimum absolute atomic E-state index is 0.00757. The summed E-state index contributed by atoms with van der Waals surface area (Å²) in [5.74, 6) is -0.315. The molecule has 1 aromatic carbocycles. The molecule has 2 rings (SSSR count). The van der Waals surface area contributed by atoms with Crippen molar-refractivity contribution in [1.29, 1.82) is 0 Å². The molecule has 0 spiro atoms.